The average Bonchev–Trinajstić information content (AvgIpc) is 2.63. The van der Waals surface area contributed by atoms with Gasteiger partial charge in [0.1, 0.15) is 5.82 Å². The molecular formula is C11H10N2O2S. The van der Waals surface area contributed by atoms with E-state index in [0.29, 0.717) is 13.1 Å². The third-order valence-corrected chi connectivity index (χ3v) is 3.77. The summed E-state index contributed by atoms with van der Waals surface area (Å²) in [6.45, 7) is 1.13. The van der Waals surface area contributed by atoms with Crippen molar-refractivity contribution in [2.24, 2.45) is 5.92 Å². The van der Waals surface area contributed by atoms with E-state index in [9.17, 15) is 4.79 Å². The zero-order valence-corrected chi connectivity index (χ0v) is 9.28. The second-order valence-electron chi connectivity index (χ2n) is 3.91. The zero-order chi connectivity index (χ0) is 11.1. The molecule has 5 heteroatoms. The van der Waals surface area contributed by atoms with Crippen molar-refractivity contribution >= 4 is 33.2 Å². The van der Waals surface area contributed by atoms with E-state index in [2.05, 4.69) is 4.98 Å². The molecule has 0 unspecified atom stereocenters. The highest BCUT2D eigenvalue weighted by Gasteiger charge is 2.33. The van der Waals surface area contributed by atoms with Gasteiger partial charge in [-0.1, -0.05) is 0 Å². The van der Waals surface area contributed by atoms with Gasteiger partial charge in [-0.15, -0.1) is 11.3 Å². The number of carbonyl (C=O) groups is 1. The molecule has 0 radical (unpaired) electrons. The Balaban J connectivity index is 1.91. The Labute approximate surface area is 96.1 Å². The quantitative estimate of drug-likeness (QED) is 0.861. The maximum absolute atomic E-state index is 10.7. The van der Waals surface area contributed by atoms with Gasteiger partial charge in [0.25, 0.3) is 0 Å². The number of carboxylic acid groups (broad SMARTS) is 1. The normalized spacial score (nSPS) is 16.4. The molecule has 0 bridgehead atoms. The fourth-order valence-corrected chi connectivity index (χ4v) is 2.72. The number of thiophene rings is 1. The number of aliphatic carboxylic acids is 1. The highest BCUT2D eigenvalue weighted by atomic mass is 32.1. The number of hydrogen-bond acceptors (Lipinski definition) is 4. The lowest BCUT2D eigenvalue weighted by Crippen LogP contribution is -2.50. The zero-order valence-electron chi connectivity index (χ0n) is 8.46. The number of aromatic nitrogens is 1. The van der Waals surface area contributed by atoms with Crippen LogP contribution < -0.4 is 4.90 Å². The molecule has 82 valence electrons. The Morgan fingerprint density at radius 2 is 2.31 bits per heavy atom. The van der Waals surface area contributed by atoms with E-state index in [-0.39, 0.29) is 5.92 Å². The first-order valence-corrected chi connectivity index (χ1v) is 5.93. The summed E-state index contributed by atoms with van der Waals surface area (Å²) in [7, 11) is 0. The minimum absolute atomic E-state index is 0.240. The summed E-state index contributed by atoms with van der Waals surface area (Å²) in [6.07, 6.45) is 1.78. The molecule has 0 saturated carbocycles. The third-order valence-electron chi connectivity index (χ3n) is 2.89. The van der Waals surface area contributed by atoms with Crippen molar-refractivity contribution in [3.05, 3.63) is 23.7 Å². The maximum Gasteiger partial charge on any atom is 0.310 e. The Morgan fingerprint density at radius 3 is 3.06 bits per heavy atom. The summed E-state index contributed by atoms with van der Waals surface area (Å²) in [4.78, 5) is 17.1. The number of nitrogens with zero attached hydrogens (tertiary/aromatic N) is 2. The largest absolute Gasteiger partial charge is 0.481 e. The second-order valence-corrected chi connectivity index (χ2v) is 4.85. The Morgan fingerprint density at radius 1 is 1.50 bits per heavy atom. The molecule has 1 fully saturated rings. The average molecular weight is 234 g/mol. The Hall–Kier alpha value is -1.62. The van der Waals surface area contributed by atoms with Gasteiger partial charge in [-0.25, -0.2) is 4.98 Å². The standard InChI is InChI=1S/C11H10N2O2S/c14-11(15)7-5-13(6-7)10-8-2-4-16-9(8)1-3-12-10/h1-4,7H,5-6H2,(H,14,15). The van der Waals surface area contributed by atoms with E-state index < -0.39 is 5.97 Å². The van der Waals surface area contributed by atoms with Crippen LogP contribution in [0.5, 0.6) is 0 Å². The number of pyridine rings is 1. The number of fused-ring (bicyclic) bond motifs is 1. The van der Waals surface area contributed by atoms with E-state index >= 15 is 0 Å². The molecule has 3 heterocycles. The number of hydrogen-bond donors (Lipinski definition) is 1. The molecule has 16 heavy (non-hydrogen) atoms. The minimum Gasteiger partial charge on any atom is -0.481 e. The topological polar surface area (TPSA) is 53.4 Å². The molecule has 0 spiro atoms. The van der Waals surface area contributed by atoms with Crippen LogP contribution in [0.2, 0.25) is 0 Å². The van der Waals surface area contributed by atoms with Crippen LogP contribution in [0.3, 0.4) is 0 Å². The van der Waals surface area contributed by atoms with Gasteiger partial charge in [-0.05, 0) is 17.5 Å². The lowest BCUT2D eigenvalue weighted by Gasteiger charge is -2.37. The van der Waals surface area contributed by atoms with Gasteiger partial charge >= 0.3 is 5.97 Å². The summed E-state index contributed by atoms with van der Waals surface area (Å²) >= 11 is 1.68. The minimum atomic E-state index is -0.714. The second kappa shape index (κ2) is 3.45. The summed E-state index contributed by atoms with van der Waals surface area (Å²) in [5, 5.41) is 12.0. The Kier molecular flexibility index (Phi) is 2.07. The molecule has 3 rings (SSSR count). The van der Waals surface area contributed by atoms with E-state index in [1.807, 2.05) is 22.4 Å². The molecule has 2 aromatic heterocycles. The molecule has 0 aliphatic carbocycles. The van der Waals surface area contributed by atoms with Crippen LogP contribution >= 0.6 is 11.3 Å². The van der Waals surface area contributed by atoms with Crippen LogP contribution in [0, 0.1) is 5.92 Å². The molecule has 2 aromatic rings. The molecule has 1 aliphatic heterocycles. The van der Waals surface area contributed by atoms with Gasteiger partial charge in [-0.2, -0.15) is 0 Å². The lowest BCUT2D eigenvalue weighted by molar-refractivity contribution is -0.142. The summed E-state index contributed by atoms with van der Waals surface area (Å²) < 4.78 is 1.20. The van der Waals surface area contributed by atoms with E-state index in [4.69, 9.17) is 5.11 Å². The molecule has 0 aromatic carbocycles. The van der Waals surface area contributed by atoms with Crippen molar-refractivity contribution in [2.75, 3.05) is 18.0 Å². The van der Waals surface area contributed by atoms with Crippen molar-refractivity contribution in [1.82, 2.24) is 4.98 Å². The van der Waals surface area contributed by atoms with E-state index in [1.54, 1.807) is 17.5 Å². The first-order valence-electron chi connectivity index (χ1n) is 5.05. The van der Waals surface area contributed by atoms with Crippen LogP contribution in [0.15, 0.2) is 23.7 Å². The maximum atomic E-state index is 10.7. The monoisotopic (exact) mass is 234 g/mol. The predicted molar refractivity (Wildman–Crippen MR) is 63.0 cm³/mol. The fourth-order valence-electron chi connectivity index (χ4n) is 1.94. The van der Waals surface area contributed by atoms with E-state index in [0.717, 1.165) is 11.2 Å². The Bertz CT molecular complexity index is 546. The first-order chi connectivity index (χ1) is 7.75. The molecule has 0 amide bonds. The van der Waals surface area contributed by atoms with Gasteiger partial charge in [0.15, 0.2) is 0 Å². The van der Waals surface area contributed by atoms with Crippen LogP contribution in [-0.2, 0) is 4.79 Å². The van der Waals surface area contributed by atoms with Gasteiger partial charge in [-0.3, -0.25) is 4.79 Å². The summed E-state index contributed by atoms with van der Waals surface area (Å²) in [5.41, 5.74) is 0. The number of rotatable bonds is 2. The van der Waals surface area contributed by atoms with Crippen molar-refractivity contribution in [3.8, 4) is 0 Å². The van der Waals surface area contributed by atoms with Crippen LogP contribution in [0.4, 0.5) is 5.82 Å². The first kappa shape index (κ1) is 9.59. The van der Waals surface area contributed by atoms with Gasteiger partial charge in [0.05, 0.1) is 5.92 Å². The summed E-state index contributed by atoms with van der Waals surface area (Å²) in [5.74, 6) is -0.0410. The molecular weight excluding hydrogens is 224 g/mol. The van der Waals surface area contributed by atoms with Crippen LogP contribution in [0.1, 0.15) is 0 Å². The smallest absolute Gasteiger partial charge is 0.310 e. The number of carboxylic acids is 1. The van der Waals surface area contributed by atoms with Crippen molar-refractivity contribution in [3.63, 3.8) is 0 Å². The van der Waals surface area contributed by atoms with Gasteiger partial charge in [0, 0.05) is 29.4 Å². The SMILES string of the molecule is O=C(O)C1CN(c2nccc3sccc23)C1. The van der Waals surface area contributed by atoms with Crippen LogP contribution in [0.25, 0.3) is 10.1 Å². The molecule has 1 N–H and O–H groups in total. The third kappa shape index (κ3) is 1.36. The molecule has 4 nitrogen and oxygen atoms in total. The lowest BCUT2D eigenvalue weighted by atomic mass is 10.0. The predicted octanol–water partition coefficient (Wildman–Crippen LogP) is 1.82. The van der Waals surface area contributed by atoms with Crippen molar-refractivity contribution < 1.29 is 9.90 Å². The van der Waals surface area contributed by atoms with Gasteiger partial charge < -0.3 is 10.0 Å². The fraction of sp³-hybridized carbons (Fsp3) is 0.273. The highest BCUT2D eigenvalue weighted by molar-refractivity contribution is 7.17. The van der Waals surface area contributed by atoms with Crippen LogP contribution in [-0.4, -0.2) is 29.1 Å². The van der Waals surface area contributed by atoms with Crippen molar-refractivity contribution in [1.29, 1.82) is 0 Å². The molecule has 1 saturated heterocycles. The van der Waals surface area contributed by atoms with Gasteiger partial charge in [0.2, 0.25) is 0 Å². The van der Waals surface area contributed by atoms with E-state index in [1.165, 1.54) is 4.70 Å². The summed E-state index contributed by atoms with van der Waals surface area (Å²) in [6, 6.07) is 4.02. The molecule has 0 atom stereocenters. The highest BCUT2D eigenvalue weighted by Crippen LogP contribution is 2.32. The number of anilines is 1. The molecule has 1 aliphatic rings. The van der Waals surface area contributed by atoms with Crippen molar-refractivity contribution in [2.45, 2.75) is 0 Å².